The van der Waals surface area contributed by atoms with E-state index in [1.165, 1.54) is 0 Å². The Morgan fingerprint density at radius 1 is 1.24 bits per heavy atom. The average molecular weight is 384 g/mol. The van der Waals surface area contributed by atoms with Crippen LogP contribution in [0.3, 0.4) is 0 Å². The maximum absolute atomic E-state index is 12.1. The molecule has 0 spiro atoms. The van der Waals surface area contributed by atoms with Gasteiger partial charge in [0.25, 0.3) is 0 Å². The van der Waals surface area contributed by atoms with Gasteiger partial charge in [-0.05, 0) is 35.9 Å². The van der Waals surface area contributed by atoms with E-state index in [-0.39, 0.29) is 17.3 Å². The van der Waals surface area contributed by atoms with Crippen molar-refractivity contribution in [2.45, 2.75) is 6.42 Å². The summed E-state index contributed by atoms with van der Waals surface area (Å²) in [5, 5.41) is 3.30. The van der Waals surface area contributed by atoms with Crippen molar-refractivity contribution < 1.29 is 4.79 Å². The molecule has 108 valence electrons. The monoisotopic (exact) mass is 382 g/mol. The largest absolute Gasteiger partial charge is 0.389 e. The lowest BCUT2D eigenvalue weighted by molar-refractivity contribution is -0.115. The number of amides is 1. The summed E-state index contributed by atoms with van der Waals surface area (Å²) < 4.78 is 0.970. The summed E-state index contributed by atoms with van der Waals surface area (Å²) in [6, 6.07) is 12.6. The molecular weight excluding hydrogens is 372 g/mol. The standard InChI is InChI=1S/C15H12BrClN2OS/c16-10-3-1-9(2-4-10)7-14(20)19-13-8-11(17)5-6-12(13)15(18)21/h1-6,8H,7H2,(H2,18,21)(H,19,20). The number of carbonyl (C=O) groups is 1. The summed E-state index contributed by atoms with van der Waals surface area (Å²) in [6.45, 7) is 0. The Kier molecular flexibility index (Phi) is 5.33. The van der Waals surface area contributed by atoms with Crippen molar-refractivity contribution in [1.82, 2.24) is 0 Å². The van der Waals surface area contributed by atoms with Crippen molar-refractivity contribution in [3.8, 4) is 0 Å². The highest BCUT2D eigenvalue weighted by Crippen LogP contribution is 2.21. The highest BCUT2D eigenvalue weighted by atomic mass is 79.9. The minimum absolute atomic E-state index is 0.155. The van der Waals surface area contributed by atoms with E-state index in [4.69, 9.17) is 29.6 Å². The summed E-state index contributed by atoms with van der Waals surface area (Å²) in [4.78, 5) is 12.3. The summed E-state index contributed by atoms with van der Waals surface area (Å²) in [6.07, 6.45) is 0.260. The van der Waals surface area contributed by atoms with Gasteiger partial charge in [-0.2, -0.15) is 0 Å². The quantitative estimate of drug-likeness (QED) is 0.787. The molecule has 3 nitrogen and oxygen atoms in total. The first-order valence-corrected chi connectivity index (χ1v) is 7.67. The summed E-state index contributed by atoms with van der Waals surface area (Å²) in [5.74, 6) is -0.155. The SMILES string of the molecule is NC(=S)c1ccc(Cl)cc1NC(=O)Cc1ccc(Br)cc1. The van der Waals surface area contributed by atoms with Gasteiger partial charge in [0, 0.05) is 15.1 Å². The maximum Gasteiger partial charge on any atom is 0.228 e. The lowest BCUT2D eigenvalue weighted by Crippen LogP contribution is -2.19. The van der Waals surface area contributed by atoms with Crippen LogP contribution in [0.5, 0.6) is 0 Å². The van der Waals surface area contributed by atoms with E-state index in [0.717, 1.165) is 10.0 Å². The molecule has 0 aliphatic rings. The van der Waals surface area contributed by atoms with Crippen molar-refractivity contribution >= 4 is 56.3 Å². The van der Waals surface area contributed by atoms with Crippen molar-refractivity contribution in [3.63, 3.8) is 0 Å². The molecule has 0 heterocycles. The zero-order valence-corrected chi connectivity index (χ0v) is 14.1. The first kappa shape index (κ1) is 15.9. The van der Waals surface area contributed by atoms with E-state index in [1.807, 2.05) is 24.3 Å². The predicted octanol–water partition coefficient (Wildman–Crippen LogP) is 3.92. The highest BCUT2D eigenvalue weighted by molar-refractivity contribution is 9.10. The first-order valence-electron chi connectivity index (χ1n) is 6.09. The van der Waals surface area contributed by atoms with Crippen LogP contribution in [0, 0.1) is 0 Å². The number of nitrogens with one attached hydrogen (secondary N) is 1. The molecule has 0 saturated heterocycles. The Hall–Kier alpha value is -1.43. The molecular formula is C15H12BrClN2OS. The second kappa shape index (κ2) is 7.02. The molecule has 6 heteroatoms. The molecule has 1 amide bonds. The van der Waals surface area contributed by atoms with Crippen molar-refractivity contribution in [1.29, 1.82) is 0 Å². The van der Waals surface area contributed by atoms with E-state index in [0.29, 0.717) is 16.3 Å². The van der Waals surface area contributed by atoms with Crippen LogP contribution in [0.15, 0.2) is 46.9 Å². The molecule has 0 aromatic heterocycles. The molecule has 0 unspecified atom stereocenters. The van der Waals surface area contributed by atoms with Crippen molar-refractivity contribution in [2.75, 3.05) is 5.32 Å². The van der Waals surface area contributed by atoms with Gasteiger partial charge in [-0.1, -0.05) is 51.9 Å². The van der Waals surface area contributed by atoms with Crippen molar-refractivity contribution in [2.24, 2.45) is 5.73 Å². The zero-order valence-electron chi connectivity index (χ0n) is 10.9. The molecule has 0 saturated carbocycles. The van der Waals surface area contributed by atoms with E-state index in [1.54, 1.807) is 18.2 Å². The minimum Gasteiger partial charge on any atom is -0.389 e. The molecule has 21 heavy (non-hydrogen) atoms. The van der Waals surface area contributed by atoms with Gasteiger partial charge in [0.05, 0.1) is 12.1 Å². The second-order valence-electron chi connectivity index (χ2n) is 4.41. The number of hydrogen-bond donors (Lipinski definition) is 2. The van der Waals surface area contributed by atoms with Crippen LogP contribution in [0.4, 0.5) is 5.69 Å². The molecule has 0 atom stereocenters. The third kappa shape index (κ3) is 4.52. The summed E-state index contributed by atoms with van der Waals surface area (Å²) in [5.41, 5.74) is 7.67. The fourth-order valence-electron chi connectivity index (χ4n) is 1.82. The Bertz CT molecular complexity index is 689. The lowest BCUT2D eigenvalue weighted by Gasteiger charge is -2.11. The number of hydrogen-bond acceptors (Lipinski definition) is 2. The predicted molar refractivity (Wildman–Crippen MR) is 93.8 cm³/mol. The van der Waals surface area contributed by atoms with Gasteiger partial charge in [0.15, 0.2) is 0 Å². The maximum atomic E-state index is 12.1. The zero-order chi connectivity index (χ0) is 15.4. The van der Waals surface area contributed by atoms with Crippen LogP contribution in [-0.4, -0.2) is 10.9 Å². The van der Waals surface area contributed by atoms with E-state index in [9.17, 15) is 4.79 Å². The van der Waals surface area contributed by atoms with Gasteiger partial charge in [0.1, 0.15) is 4.99 Å². The normalized spacial score (nSPS) is 10.2. The number of nitrogens with two attached hydrogens (primary N) is 1. The second-order valence-corrected chi connectivity index (χ2v) is 6.20. The molecule has 0 aliphatic carbocycles. The Balaban J connectivity index is 2.14. The molecule has 2 rings (SSSR count). The van der Waals surface area contributed by atoms with Crippen LogP contribution in [0.2, 0.25) is 5.02 Å². The van der Waals surface area contributed by atoms with Crippen LogP contribution in [0.25, 0.3) is 0 Å². The van der Waals surface area contributed by atoms with Crippen LogP contribution in [0.1, 0.15) is 11.1 Å². The van der Waals surface area contributed by atoms with Crippen LogP contribution >= 0.6 is 39.7 Å². The fourth-order valence-corrected chi connectivity index (χ4v) is 2.43. The number of rotatable bonds is 4. The van der Waals surface area contributed by atoms with Gasteiger partial charge in [0.2, 0.25) is 5.91 Å². The third-order valence-electron chi connectivity index (χ3n) is 2.80. The lowest BCUT2D eigenvalue weighted by atomic mass is 10.1. The third-order valence-corrected chi connectivity index (χ3v) is 3.78. The molecule has 0 bridgehead atoms. The Morgan fingerprint density at radius 2 is 1.90 bits per heavy atom. The van der Waals surface area contributed by atoms with Crippen LogP contribution < -0.4 is 11.1 Å². The van der Waals surface area contributed by atoms with Gasteiger partial charge in [-0.3, -0.25) is 4.79 Å². The van der Waals surface area contributed by atoms with Crippen LogP contribution in [-0.2, 0) is 11.2 Å². The number of carbonyl (C=O) groups excluding carboxylic acids is 1. The summed E-state index contributed by atoms with van der Waals surface area (Å²) >= 11 is 14.3. The first-order chi connectivity index (χ1) is 9.95. The Labute approximate surface area is 141 Å². The molecule has 0 fully saturated rings. The molecule has 2 aromatic rings. The minimum atomic E-state index is -0.155. The number of anilines is 1. The van der Waals surface area contributed by atoms with E-state index in [2.05, 4.69) is 21.2 Å². The number of halogens is 2. The number of benzene rings is 2. The van der Waals surface area contributed by atoms with Crippen molar-refractivity contribution in [3.05, 3.63) is 63.1 Å². The van der Waals surface area contributed by atoms with Gasteiger partial charge in [-0.25, -0.2) is 0 Å². The highest BCUT2D eigenvalue weighted by Gasteiger charge is 2.10. The van der Waals surface area contributed by atoms with Gasteiger partial charge < -0.3 is 11.1 Å². The molecule has 0 radical (unpaired) electrons. The van der Waals surface area contributed by atoms with E-state index >= 15 is 0 Å². The molecule has 0 aliphatic heterocycles. The topological polar surface area (TPSA) is 55.1 Å². The Morgan fingerprint density at radius 3 is 2.52 bits per heavy atom. The summed E-state index contributed by atoms with van der Waals surface area (Å²) in [7, 11) is 0. The van der Waals surface area contributed by atoms with Gasteiger partial charge in [-0.15, -0.1) is 0 Å². The fraction of sp³-hybridized carbons (Fsp3) is 0.0667. The smallest absolute Gasteiger partial charge is 0.228 e. The molecule has 2 aromatic carbocycles. The molecule has 3 N–H and O–H groups in total. The van der Waals surface area contributed by atoms with E-state index < -0.39 is 0 Å². The number of thiocarbonyl (C=S) groups is 1. The average Bonchev–Trinajstić information content (AvgIpc) is 2.41. The van der Waals surface area contributed by atoms with Gasteiger partial charge >= 0.3 is 0 Å².